The van der Waals surface area contributed by atoms with Gasteiger partial charge in [-0.2, -0.15) is 0 Å². The maximum atomic E-state index is 5.93. The summed E-state index contributed by atoms with van der Waals surface area (Å²) in [5.74, 6) is 5.70. The Morgan fingerprint density at radius 2 is 2.39 bits per heavy atom. The molecule has 4 nitrogen and oxygen atoms in total. The first-order chi connectivity index (χ1) is 8.64. The van der Waals surface area contributed by atoms with Gasteiger partial charge < -0.3 is 4.74 Å². The number of hydrogen-bond acceptors (Lipinski definition) is 4. The van der Waals surface area contributed by atoms with Gasteiger partial charge in [-0.05, 0) is 54.2 Å². The molecule has 0 aromatic carbocycles. The fourth-order valence-corrected chi connectivity index (χ4v) is 2.65. The van der Waals surface area contributed by atoms with E-state index in [0.717, 1.165) is 36.0 Å². The zero-order valence-electron chi connectivity index (χ0n) is 10.7. The molecule has 3 N–H and O–H groups in total. The molecule has 0 saturated carbocycles. The average molecular weight is 314 g/mol. The molecule has 1 aliphatic rings. The topological polar surface area (TPSA) is 60.2 Å². The van der Waals surface area contributed by atoms with Crippen molar-refractivity contribution in [2.45, 2.75) is 44.2 Å². The van der Waals surface area contributed by atoms with Gasteiger partial charge in [-0.1, -0.05) is 0 Å². The molecule has 2 atom stereocenters. The number of nitrogens with zero attached hydrogens (tertiary/aromatic N) is 1. The SMILES string of the molecule is CC1(C(Cc2ccc(Br)cn2)NN)CCCCO1. The van der Waals surface area contributed by atoms with E-state index in [1.54, 1.807) is 0 Å². The predicted molar refractivity (Wildman–Crippen MR) is 75.0 cm³/mol. The van der Waals surface area contributed by atoms with E-state index in [2.05, 4.69) is 33.3 Å². The zero-order valence-corrected chi connectivity index (χ0v) is 12.2. The standard InChI is InChI=1S/C13H20BrN3O/c1-13(6-2-3-7-18-13)12(17-15)8-11-5-4-10(14)9-16-11/h4-5,9,12,17H,2-3,6-8,15H2,1H3. The van der Waals surface area contributed by atoms with Crippen LogP contribution in [0.4, 0.5) is 0 Å². The number of halogens is 1. The lowest BCUT2D eigenvalue weighted by Crippen LogP contribution is -2.55. The molecule has 5 heteroatoms. The molecule has 2 heterocycles. The molecule has 2 unspecified atom stereocenters. The molecule has 100 valence electrons. The normalized spacial score (nSPS) is 25.9. The Labute approximate surface area is 116 Å². The van der Waals surface area contributed by atoms with Crippen molar-refractivity contribution >= 4 is 15.9 Å². The van der Waals surface area contributed by atoms with Crippen molar-refractivity contribution < 1.29 is 4.74 Å². The second-order valence-corrected chi connectivity index (χ2v) is 5.93. The quantitative estimate of drug-likeness (QED) is 0.660. The van der Waals surface area contributed by atoms with Crippen LogP contribution in [0.15, 0.2) is 22.8 Å². The minimum atomic E-state index is -0.193. The molecule has 1 aromatic rings. The van der Waals surface area contributed by atoms with Crippen LogP contribution in [0.5, 0.6) is 0 Å². The van der Waals surface area contributed by atoms with Gasteiger partial charge in [-0.25, -0.2) is 0 Å². The summed E-state index contributed by atoms with van der Waals surface area (Å²) in [4.78, 5) is 4.39. The highest BCUT2D eigenvalue weighted by atomic mass is 79.9. The van der Waals surface area contributed by atoms with E-state index in [4.69, 9.17) is 10.6 Å². The van der Waals surface area contributed by atoms with Gasteiger partial charge in [-0.15, -0.1) is 0 Å². The maximum Gasteiger partial charge on any atom is 0.0824 e. The van der Waals surface area contributed by atoms with Gasteiger partial charge in [0.2, 0.25) is 0 Å². The summed E-state index contributed by atoms with van der Waals surface area (Å²) in [6.45, 7) is 2.96. The van der Waals surface area contributed by atoms with Crippen LogP contribution in [0, 0.1) is 0 Å². The largest absolute Gasteiger partial charge is 0.374 e. The third kappa shape index (κ3) is 3.29. The fraction of sp³-hybridized carbons (Fsp3) is 0.615. The summed E-state index contributed by atoms with van der Waals surface area (Å²) in [6.07, 6.45) is 5.97. The summed E-state index contributed by atoms with van der Waals surface area (Å²) >= 11 is 3.39. The van der Waals surface area contributed by atoms with Gasteiger partial charge in [0.05, 0.1) is 11.6 Å². The van der Waals surface area contributed by atoms with Crippen LogP contribution >= 0.6 is 15.9 Å². The van der Waals surface area contributed by atoms with Gasteiger partial charge in [0.1, 0.15) is 0 Å². The summed E-state index contributed by atoms with van der Waals surface area (Å²) in [6, 6.07) is 4.10. The van der Waals surface area contributed by atoms with Crippen molar-refractivity contribution in [2.75, 3.05) is 6.61 Å². The van der Waals surface area contributed by atoms with Crippen LogP contribution in [0.25, 0.3) is 0 Å². The zero-order chi connectivity index (χ0) is 13.0. The van der Waals surface area contributed by atoms with E-state index in [1.165, 1.54) is 6.42 Å². The van der Waals surface area contributed by atoms with E-state index >= 15 is 0 Å². The second-order valence-electron chi connectivity index (χ2n) is 5.01. The highest BCUT2D eigenvalue weighted by molar-refractivity contribution is 9.10. The van der Waals surface area contributed by atoms with Crippen molar-refractivity contribution in [3.63, 3.8) is 0 Å². The minimum Gasteiger partial charge on any atom is -0.374 e. The van der Waals surface area contributed by atoms with Crippen LogP contribution in [0.2, 0.25) is 0 Å². The van der Waals surface area contributed by atoms with E-state index in [1.807, 2.05) is 18.3 Å². The molecule has 18 heavy (non-hydrogen) atoms. The Kier molecular flexibility index (Phi) is 4.72. The molecular formula is C13H20BrN3O. The third-order valence-corrected chi connectivity index (χ3v) is 4.11. The van der Waals surface area contributed by atoms with Crippen molar-refractivity contribution in [3.05, 3.63) is 28.5 Å². The molecule has 0 amide bonds. The molecular weight excluding hydrogens is 294 g/mol. The number of nitrogens with one attached hydrogen (secondary N) is 1. The van der Waals surface area contributed by atoms with Gasteiger partial charge in [-0.3, -0.25) is 16.3 Å². The maximum absolute atomic E-state index is 5.93. The second kappa shape index (κ2) is 6.10. The first kappa shape index (κ1) is 13.9. The summed E-state index contributed by atoms with van der Waals surface area (Å²) in [5, 5.41) is 0. The summed E-state index contributed by atoms with van der Waals surface area (Å²) in [7, 11) is 0. The molecule has 1 fully saturated rings. The first-order valence-corrected chi connectivity index (χ1v) is 7.14. The Hall–Kier alpha value is -0.490. The molecule has 1 aromatic heterocycles. The van der Waals surface area contributed by atoms with E-state index in [-0.39, 0.29) is 11.6 Å². The number of hydrogen-bond donors (Lipinski definition) is 2. The Morgan fingerprint density at radius 3 is 2.94 bits per heavy atom. The van der Waals surface area contributed by atoms with Gasteiger partial charge in [0.25, 0.3) is 0 Å². The van der Waals surface area contributed by atoms with Crippen LogP contribution in [-0.2, 0) is 11.2 Å². The number of rotatable bonds is 4. The Bertz CT molecular complexity index is 376. The van der Waals surface area contributed by atoms with Crippen molar-refractivity contribution in [2.24, 2.45) is 5.84 Å². The summed E-state index contributed by atoms with van der Waals surface area (Å²) < 4.78 is 6.92. The van der Waals surface area contributed by atoms with E-state index in [9.17, 15) is 0 Å². The molecule has 0 spiro atoms. The minimum absolute atomic E-state index is 0.0893. The lowest BCUT2D eigenvalue weighted by atomic mass is 9.86. The van der Waals surface area contributed by atoms with Crippen LogP contribution < -0.4 is 11.3 Å². The highest BCUT2D eigenvalue weighted by Crippen LogP contribution is 2.29. The monoisotopic (exact) mass is 313 g/mol. The fourth-order valence-electron chi connectivity index (χ4n) is 2.42. The Balaban J connectivity index is 2.06. The van der Waals surface area contributed by atoms with E-state index in [0.29, 0.717) is 0 Å². The lowest BCUT2D eigenvalue weighted by molar-refractivity contribution is -0.0886. The molecule has 1 saturated heterocycles. The number of aromatic nitrogens is 1. The number of ether oxygens (including phenoxy) is 1. The highest BCUT2D eigenvalue weighted by Gasteiger charge is 2.36. The van der Waals surface area contributed by atoms with Gasteiger partial charge >= 0.3 is 0 Å². The number of hydrazine groups is 1. The van der Waals surface area contributed by atoms with Crippen molar-refractivity contribution in [3.8, 4) is 0 Å². The lowest BCUT2D eigenvalue weighted by Gasteiger charge is -2.40. The molecule has 1 aliphatic heterocycles. The first-order valence-electron chi connectivity index (χ1n) is 6.34. The van der Waals surface area contributed by atoms with Gasteiger partial charge in [0.15, 0.2) is 0 Å². The average Bonchev–Trinajstić information content (AvgIpc) is 2.38. The van der Waals surface area contributed by atoms with Crippen molar-refractivity contribution in [1.82, 2.24) is 10.4 Å². The predicted octanol–water partition coefficient (Wildman–Crippen LogP) is 2.18. The molecule has 0 radical (unpaired) electrons. The smallest absolute Gasteiger partial charge is 0.0824 e. The van der Waals surface area contributed by atoms with Crippen LogP contribution in [-0.4, -0.2) is 23.2 Å². The van der Waals surface area contributed by atoms with Crippen LogP contribution in [0.1, 0.15) is 31.9 Å². The number of nitrogens with two attached hydrogens (primary N) is 1. The van der Waals surface area contributed by atoms with Crippen molar-refractivity contribution in [1.29, 1.82) is 0 Å². The summed E-state index contributed by atoms with van der Waals surface area (Å²) in [5.41, 5.74) is 3.73. The molecule has 0 aliphatic carbocycles. The Morgan fingerprint density at radius 1 is 1.56 bits per heavy atom. The van der Waals surface area contributed by atoms with Crippen LogP contribution in [0.3, 0.4) is 0 Å². The van der Waals surface area contributed by atoms with Gasteiger partial charge in [0, 0.05) is 29.4 Å². The van der Waals surface area contributed by atoms with E-state index < -0.39 is 0 Å². The molecule has 0 bridgehead atoms. The number of pyridine rings is 1. The third-order valence-electron chi connectivity index (χ3n) is 3.64. The molecule has 2 rings (SSSR count).